The van der Waals surface area contributed by atoms with Gasteiger partial charge < -0.3 is 15.4 Å². The third kappa shape index (κ3) is 4.81. The summed E-state index contributed by atoms with van der Waals surface area (Å²) < 4.78 is 18.9. The summed E-state index contributed by atoms with van der Waals surface area (Å²) in [6.07, 6.45) is 0.819. The molecule has 5 nitrogen and oxygen atoms in total. The average Bonchev–Trinajstić information content (AvgIpc) is 2.60. The van der Waals surface area contributed by atoms with E-state index in [9.17, 15) is 14.0 Å². The van der Waals surface area contributed by atoms with E-state index in [2.05, 4.69) is 10.6 Å². The Hall–Kier alpha value is -2.89. The van der Waals surface area contributed by atoms with Gasteiger partial charge in [-0.05, 0) is 30.7 Å². The number of para-hydroxylation sites is 2. The molecule has 0 unspecified atom stereocenters. The largest absolute Gasteiger partial charge is 0.483 e. The summed E-state index contributed by atoms with van der Waals surface area (Å²) in [6.45, 7) is 2.18. The van der Waals surface area contributed by atoms with E-state index in [1.165, 1.54) is 18.2 Å². The zero-order chi connectivity index (χ0) is 17.4. The van der Waals surface area contributed by atoms with Gasteiger partial charge in [0.1, 0.15) is 11.6 Å². The van der Waals surface area contributed by atoms with E-state index in [0.717, 1.165) is 6.42 Å². The maximum Gasteiger partial charge on any atom is 0.262 e. The SMILES string of the molecule is CCCNC(=O)c1ccccc1OCC(=O)Nc1ccccc1F. The summed E-state index contributed by atoms with van der Waals surface area (Å²) in [5, 5.41) is 5.18. The van der Waals surface area contributed by atoms with Crippen LogP contribution in [-0.2, 0) is 4.79 Å². The van der Waals surface area contributed by atoms with Gasteiger partial charge in [-0.1, -0.05) is 31.2 Å². The lowest BCUT2D eigenvalue weighted by Crippen LogP contribution is -2.26. The molecule has 0 atom stereocenters. The molecule has 126 valence electrons. The maximum absolute atomic E-state index is 13.5. The Morgan fingerprint density at radius 3 is 2.54 bits per heavy atom. The average molecular weight is 330 g/mol. The standard InChI is InChI=1S/C18H19FN2O3/c1-2-11-20-18(23)13-7-3-6-10-16(13)24-12-17(22)21-15-9-5-4-8-14(15)19/h3-10H,2,11-12H2,1H3,(H,20,23)(H,21,22). The third-order valence-corrected chi connectivity index (χ3v) is 3.17. The summed E-state index contributed by atoms with van der Waals surface area (Å²) in [7, 11) is 0. The molecule has 2 aromatic rings. The predicted molar refractivity (Wildman–Crippen MR) is 89.6 cm³/mol. The van der Waals surface area contributed by atoms with E-state index >= 15 is 0 Å². The van der Waals surface area contributed by atoms with Crippen LogP contribution in [0, 0.1) is 5.82 Å². The maximum atomic E-state index is 13.5. The summed E-state index contributed by atoms with van der Waals surface area (Å²) in [4.78, 5) is 24.0. The fourth-order valence-electron chi connectivity index (χ4n) is 2.01. The van der Waals surface area contributed by atoms with Crippen LogP contribution in [0.1, 0.15) is 23.7 Å². The van der Waals surface area contributed by atoms with Crippen LogP contribution in [0.4, 0.5) is 10.1 Å². The van der Waals surface area contributed by atoms with Crippen molar-refractivity contribution in [2.24, 2.45) is 0 Å². The summed E-state index contributed by atoms with van der Waals surface area (Å²) >= 11 is 0. The summed E-state index contributed by atoms with van der Waals surface area (Å²) in [6, 6.07) is 12.5. The molecule has 0 radical (unpaired) electrons. The Bertz CT molecular complexity index is 719. The Labute approximate surface area is 139 Å². The fourth-order valence-corrected chi connectivity index (χ4v) is 2.01. The highest BCUT2D eigenvalue weighted by Crippen LogP contribution is 2.18. The van der Waals surface area contributed by atoms with Crippen molar-refractivity contribution in [1.29, 1.82) is 0 Å². The van der Waals surface area contributed by atoms with Gasteiger partial charge in [-0.25, -0.2) is 4.39 Å². The highest BCUT2D eigenvalue weighted by atomic mass is 19.1. The second kappa shape index (κ2) is 8.67. The summed E-state index contributed by atoms with van der Waals surface area (Å²) in [5.41, 5.74) is 0.435. The normalized spacial score (nSPS) is 10.1. The molecule has 2 aromatic carbocycles. The van der Waals surface area contributed by atoms with Crippen LogP contribution in [-0.4, -0.2) is 25.0 Å². The number of carbonyl (C=O) groups is 2. The molecule has 0 heterocycles. The van der Waals surface area contributed by atoms with Gasteiger partial charge >= 0.3 is 0 Å². The first-order valence-electron chi connectivity index (χ1n) is 7.66. The monoisotopic (exact) mass is 330 g/mol. The number of hydrogen-bond donors (Lipinski definition) is 2. The van der Waals surface area contributed by atoms with Gasteiger partial charge in [0.15, 0.2) is 6.61 Å². The molecule has 2 N–H and O–H groups in total. The van der Waals surface area contributed by atoms with Gasteiger partial charge in [-0.15, -0.1) is 0 Å². The molecule has 0 aromatic heterocycles. The highest BCUT2D eigenvalue weighted by Gasteiger charge is 2.13. The molecule has 0 fully saturated rings. The van der Waals surface area contributed by atoms with Crippen LogP contribution in [0.5, 0.6) is 5.75 Å². The van der Waals surface area contributed by atoms with Gasteiger partial charge in [0.25, 0.3) is 11.8 Å². The van der Waals surface area contributed by atoms with Crippen LogP contribution >= 0.6 is 0 Å². The Morgan fingerprint density at radius 2 is 1.79 bits per heavy atom. The minimum absolute atomic E-state index is 0.0834. The number of amides is 2. The van der Waals surface area contributed by atoms with Gasteiger partial charge in [0.2, 0.25) is 0 Å². The number of halogens is 1. The number of rotatable bonds is 7. The Kier molecular flexibility index (Phi) is 6.31. The van der Waals surface area contributed by atoms with E-state index in [1.54, 1.807) is 30.3 Å². The van der Waals surface area contributed by atoms with Gasteiger partial charge in [-0.2, -0.15) is 0 Å². The quantitative estimate of drug-likeness (QED) is 0.820. The van der Waals surface area contributed by atoms with Crippen molar-refractivity contribution in [2.75, 3.05) is 18.5 Å². The molecule has 2 amide bonds. The Balaban J connectivity index is 1.98. The van der Waals surface area contributed by atoms with Crippen LogP contribution in [0.2, 0.25) is 0 Å². The first-order chi connectivity index (χ1) is 11.6. The molecule has 0 saturated heterocycles. The Morgan fingerprint density at radius 1 is 1.08 bits per heavy atom. The van der Waals surface area contributed by atoms with E-state index < -0.39 is 11.7 Å². The molecule has 0 aliphatic rings. The second-order valence-corrected chi connectivity index (χ2v) is 5.07. The van der Waals surface area contributed by atoms with Crippen molar-refractivity contribution >= 4 is 17.5 Å². The van der Waals surface area contributed by atoms with Crippen LogP contribution in [0.15, 0.2) is 48.5 Å². The van der Waals surface area contributed by atoms with Crippen molar-refractivity contribution in [3.8, 4) is 5.75 Å². The molecule has 24 heavy (non-hydrogen) atoms. The van der Waals surface area contributed by atoms with Gasteiger partial charge in [-0.3, -0.25) is 9.59 Å². The number of carbonyl (C=O) groups excluding carboxylic acids is 2. The number of anilines is 1. The van der Waals surface area contributed by atoms with Crippen LogP contribution < -0.4 is 15.4 Å². The molecule has 0 aliphatic carbocycles. The van der Waals surface area contributed by atoms with E-state index in [4.69, 9.17) is 4.74 Å². The number of benzene rings is 2. The predicted octanol–water partition coefficient (Wildman–Crippen LogP) is 2.98. The summed E-state index contributed by atoms with van der Waals surface area (Å²) in [5.74, 6) is -0.995. The second-order valence-electron chi connectivity index (χ2n) is 5.07. The fraction of sp³-hybridized carbons (Fsp3) is 0.222. The smallest absolute Gasteiger partial charge is 0.262 e. The molecule has 2 rings (SSSR count). The highest BCUT2D eigenvalue weighted by molar-refractivity contribution is 5.97. The third-order valence-electron chi connectivity index (χ3n) is 3.17. The number of ether oxygens (including phenoxy) is 1. The van der Waals surface area contributed by atoms with Gasteiger partial charge in [0, 0.05) is 6.54 Å². The minimum atomic E-state index is -0.523. The molecular weight excluding hydrogens is 311 g/mol. The van der Waals surface area contributed by atoms with Crippen LogP contribution in [0.3, 0.4) is 0 Å². The van der Waals surface area contributed by atoms with Crippen molar-refractivity contribution in [1.82, 2.24) is 5.32 Å². The lowest BCUT2D eigenvalue weighted by Gasteiger charge is -2.12. The zero-order valence-corrected chi connectivity index (χ0v) is 13.3. The lowest BCUT2D eigenvalue weighted by molar-refractivity contribution is -0.118. The molecule has 0 aliphatic heterocycles. The molecule has 0 spiro atoms. The van der Waals surface area contributed by atoms with Gasteiger partial charge in [0.05, 0.1) is 11.3 Å². The van der Waals surface area contributed by atoms with Crippen molar-refractivity contribution < 1.29 is 18.7 Å². The van der Waals surface area contributed by atoms with Crippen molar-refractivity contribution in [3.63, 3.8) is 0 Å². The van der Waals surface area contributed by atoms with Crippen molar-refractivity contribution in [3.05, 3.63) is 59.9 Å². The first kappa shape index (κ1) is 17.5. The molecule has 0 saturated carbocycles. The van der Waals surface area contributed by atoms with E-state index in [-0.39, 0.29) is 18.2 Å². The number of nitrogens with one attached hydrogen (secondary N) is 2. The topological polar surface area (TPSA) is 67.4 Å². The number of hydrogen-bond acceptors (Lipinski definition) is 3. The molecule has 6 heteroatoms. The first-order valence-corrected chi connectivity index (χ1v) is 7.66. The zero-order valence-electron chi connectivity index (χ0n) is 13.3. The lowest BCUT2D eigenvalue weighted by atomic mass is 10.2. The minimum Gasteiger partial charge on any atom is -0.483 e. The van der Waals surface area contributed by atoms with Crippen LogP contribution in [0.25, 0.3) is 0 Å². The van der Waals surface area contributed by atoms with E-state index in [0.29, 0.717) is 17.9 Å². The van der Waals surface area contributed by atoms with E-state index in [1.807, 2.05) is 6.92 Å². The van der Waals surface area contributed by atoms with Crippen molar-refractivity contribution in [2.45, 2.75) is 13.3 Å². The molecule has 0 bridgehead atoms. The molecular formula is C18H19FN2O3.